The van der Waals surface area contributed by atoms with Gasteiger partial charge in [-0.1, -0.05) is 25.4 Å². The summed E-state index contributed by atoms with van der Waals surface area (Å²) in [5.41, 5.74) is 2.94. The number of aryl methyl sites for hydroxylation is 2. The maximum atomic E-state index is 12.7. The molecule has 2 aromatic carbocycles. The van der Waals surface area contributed by atoms with E-state index in [0.717, 1.165) is 23.9 Å². The molecule has 0 aliphatic carbocycles. The summed E-state index contributed by atoms with van der Waals surface area (Å²) in [6.45, 7) is 5.43. The Labute approximate surface area is 157 Å². The molecule has 0 fully saturated rings. The van der Waals surface area contributed by atoms with E-state index in [9.17, 15) is 9.59 Å². The van der Waals surface area contributed by atoms with Crippen molar-refractivity contribution in [3.8, 4) is 0 Å². The lowest BCUT2D eigenvalue weighted by Gasteiger charge is -2.07. The molecule has 6 heteroatoms. The number of imidazole rings is 1. The number of halogens is 1. The van der Waals surface area contributed by atoms with Crippen molar-refractivity contribution < 1.29 is 4.79 Å². The molecule has 0 aliphatic rings. The fourth-order valence-electron chi connectivity index (χ4n) is 3.08. The number of carbonyl (C=O) groups is 1. The van der Waals surface area contributed by atoms with Crippen molar-refractivity contribution in [3.63, 3.8) is 0 Å². The summed E-state index contributed by atoms with van der Waals surface area (Å²) >= 11 is 5.87. The Morgan fingerprint density at radius 3 is 2.19 bits per heavy atom. The van der Waals surface area contributed by atoms with Gasteiger partial charge in [-0.15, -0.1) is 0 Å². The minimum Gasteiger partial charge on any atom is -0.322 e. The average Bonchev–Trinajstić information content (AvgIpc) is 2.88. The molecule has 5 nitrogen and oxygen atoms in total. The molecular formula is C20H22ClN3O2. The van der Waals surface area contributed by atoms with E-state index in [-0.39, 0.29) is 11.6 Å². The van der Waals surface area contributed by atoms with Crippen LogP contribution < -0.4 is 11.0 Å². The number of rotatable bonds is 6. The maximum Gasteiger partial charge on any atom is 0.329 e. The van der Waals surface area contributed by atoms with Crippen molar-refractivity contribution in [2.45, 2.75) is 39.8 Å². The van der Waals surface area contributed by atoms with Crippen molar-refractivity contribution in [2.75, 3.05) is 5.32 Å². The van der Waals surface area contributed by atoms with Crippen LogP contribution in [0.1, 0.15) is 37.0 Å². The van der Waals surface area contributed by atoms with Crippen molar-refractivity contribution in [1.82, 2.24) is 9.13 Å². The molecular weight excluding hydrogens is 350 g/mol. The lowest BCUT2D eigenvalue weighted by atomic mass is 10.2. The van der Waals surface area contributed by atoms with Gasteiger partial charge in [-0.2, -0.15) is 0 Å². The summed E-state index contributed by atoms with van der Waals surface area (Å²) in [7, 11) is 0. The normalized spacial score (nSPS) is 11.0. The summed E-state index contributed by atoms with van der Waals surface area (Å²) in [6.07, 6.45) is 1.76. The second kappa shape index (κ2) is 7.79. The predicted octanol–water partition coefficient (Wildman–Crippen LogP) is 4.53. The summed E-state index contributed by atoms with van der Waals surface area (Å²) in [5.74, 6) is -0.210. The monoisotopic (exact) mass is 371 g/mol. The molecule has 0 saturated carbocycles. The molecule has 1 heterocycles. The first-order valence-electron chi connectivity index (χ1n) is 8.85. The molecule has 1 aromatic heterocycles. The molecule has 136 valence electrons. The molecule has 1 N–H and O–H groups in total. The van der Waals surface area contributed by atoms with Crippen LogP contribution in [-0.4, -0.2) is 15.0 Å². The highest BCUT2D eigenvalue weighted by Gasteiger charge is 2.14. The number of benzene rings is 2. The zero-order valence-corrected chi connectivity index (χ0v) is 15.7. The number of hydrogen-bond donors (Lipinski definition) is 1. The van der Waals surface area contributed by atoms with Crippen molar-refractivity contribution in [3.05, 3.63) is 63.5 Å². The molecule has 0 radical (unpaired) electrons. The first-order valence-corrected chi connectivity index (χ1v) is 9.23. The van der Waals surface area contributed by atoms with E-state index in [0.29, 0.717) is 29.4 Å². The van der Waals surface area contributed by atoms with Crippen molar-refractivity contribution in [2.24, 2.45) is 0 Å². The Morgan fingerprint density at radius 1 is 0.962 bits per heavy atom. The molecule has 0 aliphatic heterocycles. The fraction of sp³-hybridized carbons (Fsp3) is 0.300. The molecule has 3 rings (SSSR count). The lowest BCUT2D eigenvalue weighted by molar-refractivity contribution is 0.102. The smallest absolute Gasteiger partial charge is 0.322 e. The summed E-state index contributed by atoms with van der Waals surface area (Å²) in [5, 5.41) is 3.48. The van der Waals surface area contributed by atoms with Crippen LogP contribution in [0.4, 0.5) is 5.69 Å². The van der Waals surface area contributed by atoms with Crippen LogP contribution in [0.15, 0.2) is 47.3 Å². The van der Waals surface area contributed by atoms with Gasteiger partial charge in [0.1, 0.15) is 0 Å². The highest BCUT2D eigenvalue weighted by molar-refractivity contribution is 6.30. The van der Waals surface area contributed by atoms with Crippen LogP contribution >= 0.6 is 11.6 Å². The molecule has 0 unspecified atom stereocenters. The van der Waals surface area contributed by atoms with Gasteiger partial charge in [0.25, 0.3) is 5.91 Å². The van der Waals surface area contributed by atoms with Crippen molar-refractivity contribution >= 4 is 34.2 Å². The van der Waals surface area contributed by atoms with E-state index < -0.39 is 0 Å². The quantitative estimate of drug-likeness (QED) is 0.692. The van der Waals surface area contributed by atoms with Gasteiger partial charge in [-0.25, -0.2) is 4.79 Å². The predicted molar refractivity (Wildman–Crippen MR) is 106 cm³/mol. The van der Waals surface area contributed by atoms with Crippen LogP contribution in [0.3, 0.4) is 0 Å². The summed E-state index contributed by atoms with van der Waals surface area (Å²) < 4.78 is 3.58. The van der Waals surface area contributed by atoms with E-state index in [1.165, 1.54) is 0 Å². The molecule has 26 heavy (non-hydrogen) atoms. The van der Waals surface area contributed by atoms with Gasteiger partial charge in [0.2, 0.25) is 0 Å². The van der Waals surface area contributed by atoms with Crippen LogP contribution in [0.25, 0.3) is 11.0 Å². The molecule has 0 saturated heterocycles. The number of carbonyl (C=O) groups excluding carboxylic acids is 1. The van der Waals surface area contributed by atoms with Gasteiger partial charge >= 0.3 is 5.69 Å². The largest absolute Gasteiger partial charge is 0.329 e. The number of fused-ring (bicyclic) bond motifs is 1. The van der Waals surface area contributed by atoms with Gasteiger partial charge in [0, 0.05) is 29.4 Å². The zero-order valence-electron chi connectivity index (χ0n) is 15.0. The second-order valence-electron chi connectivity index (χ2n) is 6.25. The minimum absolute atomic E-state index is 0.00452. The Balaban J connectivity index is 1.97. The lowest BCUT2D eigenvalue weighted by Crippen LogP contribution is -2.24. The van der Waals surface area contributed by atoms with Gasteiger partial charge in [0.05, 0.1) is 11.0 Å². The Hall–Kier alpha value is -2.53. The van der Waals surface area contributed by atoms with E-state index in [1.54, 1.807) is 33.4 Å². The summed E-state index contributed by atoms with van der Waals surface area (Å²) in [4.78, 5) is 25.1. The van der Waals surface area contributed by atoms with E-state index in [2.05, 4.69) is 12.2 Å². The third-order valence-corrected chi connectivity index (χ3v) is 4.53. The van der Waals surface area contributed by atoms with Gasteiger partial charge in [0.15, 0.2) is 0 Å². The molecule has 0 atom stereocenters. The highest BCUT2D eigenvalue weighted by Crippen LogP contribution is 2.20. The maximum absolute atomic E-state index is 12.7. The van der Waals surface area contributed by atoms with E-state index in [4.69, 9.17) is 11.6 Å². The zero-order chi connectivity index (χ0) is 18.7. The van der Waals surface area contributed by atoms with Gasteiger partial charge < -0.3 is 5.32 Å². The Kier molecular flexibility index (Phi) is 5.47. The van der Waals surface area contributed by atoms with Crippen molar-refractivity contribution in [1.29, 1.82) is 0 Å². The number of amides is 1. The first kappa shape index (κ1) is 18.3. The molecule has 0 spiro atoms. The number of anilines is 1. The second-order valence-corrected chi connectivity index (χ2v) is 6.69. The van der Waals surface area contributed by atoms with Crippen LogP contribution in [0.2, 0.25) is 5.02 Å². The number of nitrogens with one attached hydrogen (secondary N) is 1. The third-order valence-electron chi connectivity index (χ3n) is 4.28. The van der Waals surface area contributed by atoms with Crippen LogP contribution in [-0.2, 0) is 13.1 Å². The highest BCUT2D eigenvalue weighted by atomic mass is 35.5. The number of aromatic nitrogens is 2. The van der Waals surface area contributed by atoms with E-state index in [1.807, 2.05) is 25.1 Å². The minimum atomic E-state index is -0.210. The fourth-order valence-corrected chi connectivity index (χ4v) is 3.21. The van der Waals surface area contributed by atoms with Gasteiger partial charge in [-0.05, 0) is 55.3 Å². The van der Waals surface area contributed by atoms with Crippen LogP contribution in [0, 0.1) is 0 Å². The average molecular weight is 372 g/mol. The number of hydrogen-bond acceptors (Lipinski definition) is 2. The third kappa shape index (κ3) is 3.53. The van der Waals surface area contributed by atoms with Crippen LogP contribution in [0.5, 0.6) is 0 Å². The first-order chi connectivity index (χ1) is 12.5. The standard InChI is InChI=1S/C20H22ClN3O2/c1-3-11-23-17-10-9-16(13-18(17)24(12-4-2)20(23)26)22-19(25)14-5-7-15(21)8-6-14/h5-10,13H,3-4,11-12H2,1-2H3,(H,22,25). The SMILES string of the molecule is CCCn1c(=O)n(CCC)c2cc(NC(=O)c3ccc(Cl)cc3)ccc21. The molecule has 3 aromatic rings. The van der Waals surface area contributed by atoms with Gasteiger partial charge in [-0.3, -0.25) is 13.9 Å². The summed E-state index contributed by atoms with van der Waals surface area (Å²) in [6, 6.07) is 12.3. The number of nitrogens with zero attached hydrogens (tertiary/aromatic N) is 2. The Bertz CT molecular complexity index is 987. The van der Waals surface area contributed by atoms with E-state index >= 15 is 0 Å². The molecule has 0 bridgehead atoms. The Morgan fingerprint density at radius 2 is 1.58 bits per heavy atom. The topological polar surface area (TPSA) is 56.0 Å². The molecule has 1 amide bonds.